The van der Waals surface area contributed by atoms with Crippen molar-refractivity contribution < 1.29 is 24.1 Å². The Kier molecular flexibility index (Phi) is 13.2. The second-order valence-corrected chi connectivity index (χ2v) is 10.4. The molecule has 0 saturated heterocycles. The first kappa shape index (κ1) is 28.8. The van der Waals surface area contributed by atoms with Gasteiger partial charge in [0.25, 0.3) is 11.6 Å². The first-order valence-electron chi connectivity index (χ1n) is 11.5. The lowest BCUT2D eigenvalue weighted by atomic mass is 9.97. The van der Waals surface area contributed by atoms with Gasteiger partial charge in [0.15, 0.2) is 0 Å². The van der Waals surface area contributed by atoms with E-state index in [4.69, 9.17) is 18.9 Å². The lowest BCUT2D eigenvalue weighted by Crippen LogP contribution is -2.62. The highest BCUT2D eigenvalue weighted by molar-refractivity contribution is 4.87. The van der Waals surface area contributed by atoms with Gasteiger partial charge in [0.05, 0.1) is 18.8 Å². The zero-order valence-corrected chi connectivity index (χ0v) is 20.8. The van der Waals surface area contributed by atoms with E-state index in [1.807, 2.05) is 20.8 Å². The fourth-order valence-electron chi connectivity index (χ4n) is 2.94. The molecule has 5 nitrogen and oxygen atoms in total. The summed E-state index contributed by atoms with van der Waals surface area (Å²) >= 11 is 0. The van der Waals surface area contributed by atoms with Gasteiger partial charge in [-0.2, -0.15) is 5.11 Å². The minimum absolute atomic E-state index is 0.0669. The van der Waals surface area contributed by atoms with Crippen LogP contribution in [0, 0.1) is 5.41 Å². The van der Waals surface area contributed by atoms with Crippen LogP contribution in [0.5, 0.6) is 0 Å². The molecule has 2 unspecified atom stereocenters. The summed E-state index contributed by atoms with van der Waals surface area (Å²) in [6.45, 7) is 19.2. The highest BCUT2D eigenvalue weighted by Crippen LogP contribution is 2.36. The largest absolute Gasteiger partial charge is 0.376 e. The molecule has 2 atom stereocenters. The molecule has 0 spiro atoms. The van der Waals surface area contributed by atoms with E-state index in [1.54, 1.807) is 0 Å². The molecule has 29 heavy (non-hydrogen) atoms. The molecular weight excluding hydrogens is 368 g/mol. The maximum atomic E-state index is 13.7. The van der Waals surface area contributed by atoms with E-state index < -0.39 is 17.2 Å². The number of unbranched alkanes of at least 4 members (excludes halogenated alkanes) is 5. The van der Waals surface area contributed by atoms with E-state index in [0.29, 0.717) is 19.8 Å². The number of hydrogen-bond acceptors (Lipinski definition) is 4. The molecule has 0 aliphatic rings. The summed E-state index contributed by atoms with van der Waals surface area (Å²) < 4.78 is 24.3. The summed E-state index contributed by atoms with van der Waals surface area (Å²) in [6.07, 6.45) is 7.46. The maximum Gasteiger partial charge on any atom is 0.256 e. The molecule has 0 amide bonds. The van der Waals surface area contributed by atoms with E-state index in [2.05, 4.69) is 34.6 Å². The van der Waals surface area contributed by atoms with E-state index in [1.165, 1.54) is 19.8 Å². The van der Waals surface area contributed by atoms with E-state index >= 15 is 0 Å². The van der Waals surface area contributed by atoms with Crippen molar-refractivity contribution in [3.63, 3.8) is 0 Å². The van der Waals surface area contributed by atoms with Gasteiger partial charge >= 0.3 is 0 Å². The van der Waals surface area contributed by atoms with Gasteiger partial charge in [-0.1, -0.05) is 66.7 Å². The van der Waals surface area contributed by atoms with Crippen LogP contribution < -0.4 is 0 Å². The van der Waals surface area contributed by atoms with Crippen LogP contribution >= 0.6 is 0 Å². The quantitative estimate of drug-likeness (QED) is 0.212. The third-order valence-corrected chi connectivity index (χ3v) is 4.45. The van der Waals surface area contributed by atoms with Crippen LogP contribution in [0.25, 0.3) is 0 Å². The van der Waals surface area contributed by atoms with Gasteiger partial charge in [-0.05, 0) is 46.0 Å². The normalized spacial score (nSPS) is 17.2. The standard InChI is InChI=1S/C24H49O5/c1-10-12-14-16-17-26-20-24(27-18-15-13-11-2,28-19-21(3,4)5)23(9,25)29-22(6,7)8/h10-20H2,1-9H3. The second-order valence-electron chi connectivity index (χ2n) is 10.4. The van der Waals surface area contributed by atoms with Gasteiger partial charge in [0.2, 0.25) is 0 Å². The molecule has 5 heteroatoms. The van der Waals surface area contributed by atoms with Crippen LogP contribution in [0.1, 0.15) is 107 Å². The monoisotopic (exact) mass is 417 g/mol. The highest BCUT2D eigenvalue weighted by Gasteiger charge is 2.55. The first-order chi connectivity index (χ1) is 13.3. The van der Waals surface area contributed by atoms with Crippen molar-refractivity contribution in [2.45, 2.75) is 124 Å². The summed E-state index contributed by atoms with van der Waals surface area (Å²) in [5, 5.41) is 13.7. The fraction of sp³-hybridized carbons (Fsp3) is 1.00. The van der Waals surface area contributed by atoms with Crippen molar-refractivity contribution in [1.29, 1.82) is 0 Å². The van der Waals surface area contributed by atoms with Crippen molar-refractivity contribution in [2.24, 2.45) is 5.41 Å². The average Bonchev–Trinajstić information content (AvgIpc) is 2.55. The smallest absolute Gasteiger partial charge is 0.256 e. The number of hydrogen-bond donors (Lipinski definition) is 0. The van der Waals surface area contributed by atoms with Gasteiger partial charge in [-0.3, -0.25) is 0 Å². The molecule has 0 bridgehead atoms. The number of ether oxygens (including phenoxy) is 4. The lowest BCUT2D eigenvalue weighted by Gasteiger charge is -2.45. The molecule has 0 aliphatic heterocycles. The Morgan fingerprint density at radius 2 is 1.21 bits per heavy atom. The van der Waals surface area contributed by atoms with Crippen LogP contribution in [0.4, 0.5) is 0 Å². The Morgan fingerprint density at radius 3 is 1.72 bits per heavy atom. The van der Waals surface area contributed by atoms with Gasteiger partial charge in [0.1, 0.15) is 6.61 Å². The predicted octanol–water partition coefficient (Wildman–Crippen LogP) is 6.51. The number of rotatable bonds is 16. The first-order valence-corrected chi connectivity index (χ1v) is 11.5. The van der Waals surface area contributed by atoms with Crippen LogP contribution in [0.15, 0.2) is 0 Å². The minimum Gasteiger partial charge on any atom is -0.376 e. The van der Waals surface area contributed by atoms with Crippen LogP contribution in [-0.2, 0) is 24.1 Å². The second kappa shape index (κ2) is 13.3. The SMILES string of the molecule is CCCCCCOCC(OCCCCC)(OCC(C)(C)C)C(C)([O])OC(C)(C)C. The molecule has 0 heterocycles. The molecule has 175 valence electrons. The van der Waals surface area contributed by atoms with E-state index in [0.717, 1.165) is 32.1 Å². The molecule has 0 fully saturated rings. The third kappa shape index (κ3) is 13.0. The van der Waals surface area contributed by atoms with E-state index in [-0.39, 0.29) is 12.0 Å². The summed E-state index contributed by atoms with van der Waals surface area (Å²) in [4.78, 5) is 0. The van der Waals surface area contributed by atoms with Gasteiger partial charge < -0.3 is 18.9 Å². The Morgan fingerprint density at radius 1 is 0.655 bits per heavy atom. The Balaban J connectivity index is 5.47. The zero-order chi connectivity index (χ0) is 22.6. The van der Waals surface area contributed by atoms with Crippen molar-refractivity contribution in [3.8, 4) is 0 Å². The fourth-order valence-corrected chi connectivity index (χ4v) is 2.94. The third-order valence-electron chi connectivity index (χ3n) is 4.45. The maximum absolute atomic E-state index is 13.7. The molecule has 0 rings (SSSR count). The van der Waals surface area contributed by atoms with E-state index in [9.17, 15) is 5.11 Å². The molecular formula is C24H49O5. The summed E-state index contributed by atoms with van der Waals surface area (Å²) in [5.41, 5.74) is -0.738. The average molecular weight is 418 g/mol. The Bertz CT molecular complexity index is 408. The molecule has 0 saturated carbocycles. The lowest BCUT2D eigenvalue weighted by molar-refractivity contribution is -0.436. The van der Waals surface area contributed by atoms with Gasteiger partial charge in [0, 0.05) is 6.61 Å². The van der Waals surface area contributed by atoms with Crippen molar-refractivity contribution in [1.82, 2.24) is 0 Å². The molecule has 0 aromatic carbocycles. The minimum atomic E-state index is -1.91. The van der Waals surface area contributed by atoms with Crippen LogP contribution in [-0.4, -0.2) is 43.6 Å². The molecule has 0 aromatic heterocycles. The van der Waals surface area contributed by atoms with Gasteiger partial charge in [-0.15, -0.1) is 0 Å². The van der Waals surface area contributed by atoms with Crippen molar-refractivity contribution in [3.05, 3.63) is 0 Å². The molecule has 0 aromatic rings. The predicted molar refractivity (Wildman–Crippen MR) is 119 cm³/mol. The van der Waals surface area contributed by atoms with Crippen LogP contribution in [0.2, 0.25) is 0 Å². The van der Waals surface area contributed by atoms with Crippen molar-refractivity contribution >= 4 is 0 Å². The molecule has 0 N–H and O–H groups in total. The Hall–Kier alpha value is -0.200. The van der Waals surface area contributed by atoms with Crippen molar-refractivity contribution in [2.75, 3.05) is 26.4 Å². The zero-order valence-electron chi connectivity index (χ0n) is 20.8. The highest BCUT2D eigenvalue weighted by atomic mass is 16.8. The molecule has 1 radical (unpaired) electrons. The molecule has 0 aliphatic carbocycles. The Labute approximate surface area is 180 Å². The topological polar surface area (TPSA) is 56.8 Å². The van der Waals surface area contributed by atoms with Gasteiger partial charge in [-0.25, -0.2) is 0 Å². The summed E-state index contributed by atoms with van der Waals surface area (Å²) in [6, 6.07) is 0. The van der Waals surface area contributed by atoms with Crippen LogP contribution in [0.3, 0.4) is 0 Å². The summed E-state index contributed by atoms with van der Waals surface area (Å²) in [5.74, 6) is -3.40. The summed E-state index contributed by atoms with van der Waals surface area (Å²) in [7, 11) is 0.